The van der Waals surface area contributed by atoms with E-state index in [2.05, 4.69) is 18.7 Å². The Hall–Kier alpha value is -0.940. The Morgan fingerprint density at radius 1 is 1.53 bits per heavy atom. The minimum atomic E-state index is 0.522. The number of methoxy groups -OCH3 is 1. The number of carbonyl (C=O) groups excluding carboxylic acids is 1. The predicted octanol–water partition coefficient (Wildman–Crippen LogP) is 2.94. The summed E-state index contributed by atoms with van der Waals surface area (Å²) in [6.07, 6.45) is 3.30. The highest BCUT2D eigenvalue weighted by molar-refractivity contribution is 7.17. The van der Waals surface area contributed by atoms with E-state index in [0.29, 0.717) is 18.4 Å². The van der Waals surface area contributed by atoms with E-state index in [1.54, 1.807) is 7.11 Å². The van der Waals surface area contributed by atoms with Crippen LogP contribution in [-0.4, -0.2) is 38.1 Å². The van der Waals surface area contributed by atoms with Crippen LogP contribution in [0.1, 0.15) is 48.0 Å². The summed E-state index contributed by atoms with van der Waals surface area (Å²) in [5, 5.41) is 0.967. The van der Waals surface area contributed by atoms with Gasteiger partial charge < -0.3 is 9.64 Å². The number of carbonyl (C=O) groups is 1. The summed E-state index contributed by atoms with van der Waals surface area (Å²) in [6.45, 7) is 6.83. The standard InChI is InChI=1S/C14H22N2O2S/c1-10(2)8-16(6-7-18-3)14-15-13(11-4-5-11)12(9-17)19-14/h9-11H,4-8H2,1-3H3. The first-order valence-corrected chi connectivity index (χ1v) is 7.67. The number of aldehydes is 1. The van der Waals surface area contributed by atoms with E-state index in [-0.39, 0.29) is 0 Å². The average Bonchev–Trinajstić information content (AvgIpc) is 3.13. The second-order valence-electron chi connectivity index (χ2n) is 5.47. The summed E-state index contributed by atoms with van der Waals surface area (Å²) >= 11 is 1.52. The topological polar surface area (TPSA) is 42.4 Å². The molecule has 0 aromatic carbocycles. The third-order valence-corrected chi connectivity index (χ3v) is 4.22. The van der Waals surface area contributed by atoms with Gasteiger partial charge in [0.15, 0.2) is 11.4 Å². The lowest BCUT2D eigenvalue weighted by Crippen LogP contribution is -2.30. The highest BCUT2D eigenvalue weighted by Crippen LogP contribution is 2.43. The molecule has 0 radical (unpaired) electrons. The van der Waals surface area contributed by atoms with Crippen molar-refractivity contribution in [2.24, 2.45) is 5.92 Å². The van der Waals surface area contributed by atoms with Crippen molar-refractivity contribution in [3.8, 4) is 0 Å². The summed E-state index contributed by atoms with van der Waals surface area (Å²) in [5.41, 5.74) is 1.01. The normalized spacial score (nSPS) is 14.9. The molecule has 0 N–H and O–H groups in total. The molecule has 1 fully saturated rings. The first-order valence-electron chi connectivity index (χ1n) is 6.85. The van der Waals surface area contributed by atoms with Gasteiger partial charge in [-0.05, 0) is 18.8 Å². The number of aromatic nitrogens is 1. The zero-order valence-electron chi connectivity index (χ0n) is 11.9. The van der Waals surface area contributed by atoms with E-state index in [9.17, 15) is 4.79 Å². The van der Waals surface area contributed by atoms with E-state index in [1.807, 2.05) is 0 Å². The number of ether oxygens (including phenoxy) is 1. The number of thiazole rings is 1. The van der Waals surface area contributed by atoms with Crippen molar-refractivity contribution < 1.29 is 9.53 Å². The van der Waals surface area contributed by atoms with E-state index in [0.717, 1.165) is 35.1 Å². The Labute approximate surface area is 118 Å². The molecule has 0 atom stereocenters. The third kappa shape index (κ3) is 3.76. The number of rotatable bonds is 8. The first-order chi connectivity index (χ1) is 9.15. The number of hydrogen-bond acceptors (Lipinski definition) is 5. The van der Waals surface area contributed by atoms with E-state index in [1.165, 1.54) is 24.2 Å². The van der Waals surface area contributed by atoms with Crippen LogP contribution in [0.5, 0.6) is 0 Å². The number of anilines is 1. The lowest BCUT2D eigenvalue weighted by Gasteiger charge is -2.23. The van der Waals surface area contributed by atoms with Crippen LogP contribution in [0.2, 0.25) is 0 Å². The first kappa shape index (κ1) is 14.5. The van der Waals surface area contributed by atoms with Crippen molar-refractivity contribution in [3.63, 3.8) is 0 Å². The molecule has 0 unspecified atom stereocenters. The summed E-state index contributed by atoms with van der Waals surface area (Å²) in [7, 11) is 1.71. The largest absolute Gasteiger partial charge is 0.383 e. The lowest BCUT2D eigenvalue weighted by molar-refractivity contribution is 0.112. The minimum absolute atomic E-state index is 0.522. The van der Waals surface area contributed by atoms with Gasteiger partial charge >= 0.3 is 0 Å². The van der Waals surface area contributed by atoms with Crippen LogP contribution in [0.15, 0.2) is 0 Å². The van der Waals surface area contributed by atoms with E-state index < -0.39 is 0 Å². The van der Waals surface area contributed by atoms with Crippen molar-refractivity contribution in [2.45, 2.75) is 32.6 Å². The zero-order chi connectivity index (χ0) is 13.8. The maximum Gasteiger partial charge on any atom is 0.186 e. The van der Waals surface area contributed by atoms with Crippen molar-refractivity contribution in [2.75, 3.05) is 31.7 Å². The Kier molecular flexibility index (Phi) is 4.93. The van der Waals surface area contributed by atoms with Gasteiger partial charge in [-0.25, -0.2) is 4.98 Å². The van der Waals surface area contributed by atoms with Crippen LogP contribution in [-0.2, 0) is 4.74 Å². The molecule has 106 valence electrons. The molecule has 1 aromatic rings. The Morgan fingerprint density at radius 2 is 2.26 bits per heavy atom. The van der Waals surface area contributed by atoms with Gasteiger partial charge in [0.05, 0.1) is 17.2 Å². The zero-order valence-corrected chi connectivity index (χ0v) is 12.7. The smallest absolute Gasteiger partial charge is 0.186 e. The van der Waals surface area contributed by atoms with Crippen molar-refractivity contribution in [1.82, 2.24) is 4.98 Å². The quantitative estimate of drug-likeness (QED) is 0.688. The second kappa shape index (κ2) is 6.48. The molecule has 0 amide bonds. The van der Waals surface area contributed by atoms with Gasteiger partial charge in [-0.3, -0.25) is 4.79 Å². The van der Waals surface area contributed by atoms with Gasteiger partial charge in [0, 0.05) is 26.1 Å². The van der Waals surface area contributed by atoms with Crippen LogP contribution in [0, 0.1) is 5.92 Å². The van der Waals surface area contributed by atoms with Crippen LogP contribution in [0.25, 0.3) is 0 Å². The lowest BCUT2D eigenvalue weighted by atomic mass is 10.2. The summed E-state index contributed by atoms with van der Waals surface area (Å²) < 4.78 is 5.16. The molecule has 4 nitrogen and oxygen atoms in total. The van der Waals surface area contributed by atoms with Gasteiger partial charge in [0.25, 0.3) is 0 Å². The SMILES string of the molecule is COCCN(CC(C)C)c1nc(C2CC2)c(C=O)s1. The molecule has 1 aliphatic carbocycles. The van der Waals surface area contributed by atoms with Gasteiger partial charge in [-0.2, -0.15) is 0 Å². The molecule has 2 rings (SSSR count). The predicted molar refractivity (Wildman–Crippen MR) is 78.4 cm³/mol. The molecule has 1 saturated carbocycles. The maximum absolute atomic E-state index is 11.2. The Balaban J connectivity index is 2.17. The molecule has 1 aliphatic rings. The average molecular weight is 282 g/mol. The van der Waals surface area contributed by atoms with Crippen LogP contribution >= 0.6 is 11.3 Å². The maximum atomic E-state index is 11.2. The minimum Gasteiger partial charge on any atom is -0.383 e. The molecular formula is C14H22N2O2S. The third-order valence-electron chi connectivity index (χ3n) is 3.16. The van der Waals surface area contributed by atoms with Crippen LogP contribution in [0.4, 0.5) is 5.13 Å². The Bertz CT molecular complexity index is 427. The van der Waals surface area contributed by atoms with Crippen molar-refractivity contribution in [1.29, 1.82) is 0 Å². The molecule has 0 spiro atoms. The fraction of sp³-hybridized carbons (Fsp3) is 0.714. The molecule has 0 saturated heterocycles. The molecule has 5 heteroatoms. The monoisotopic (exact) mass is 282 g/mol. The summed E-state index contributed by atoms with van der Waals surface area (Å²) in [6, 6.07) is 0. The van der Waals surface area contributed by atoms with E-state index in [4.69, 9.17) is 9.72 Å². The molecule has 0 aliphatic heterocycles. The molecule has 1 aromatic heterocycles. The van der Waals surface area contributed by atoms with Crippen molar-refractivity contribution >= 4 is 22.8 Å². The fourth-order valence-electron chi connectivity index (χ4n) is 2.11. The Morgan fingerprint density at radius 3 is 2.79 bits per heavy atom. The number of nitrogens with zero attached hydrogens (tertiary/aromatic N) is 2. The number of hydrogen-bond donors (Lipinski definition) is 0. The summed E-state index contributed by atoms with van der Waals surface area (Å²) in [4.78, 5) is 18.9. The van der Waals surface area contributed by atoms with Gasteiger partial charge in [-0.1, -0.05) is 25.2 Å². The molecule has 0 bridgehead atoms. The van der Waals surface area contributed by atoms with Crippen LogP contribution in [0.3, 0.4) is 0 Å². The molecule has 1 heterocycles. The van der Waals surface area contributed by atoms with Crippen molar-refractivity contribution in [3.05, 3.63) is 10.6 Å². The van der Waals surface area contributed by atoms with Crippen LogP contribution < -0.4 is 4.90 Å². The van der Waals surface area contributed by atoms with E-state index >= 15 is 0 Å². The van der Waals surface area contributed by atoms with Gasteiger partial charge in [0.1, 0.15) is 0 Å². The fourth-order valence-corrected chi connectivity index (χ4v) is 3.11. The second-order valence-corrected chi connectivity index (χ2v) is 6.48. The molecular weight excluding hydrogens is 260 g/mol. The van der Waals surface area contributed by atoms with Gasteiger partial charge in [-0.15, -0.1) is 0 Å². The summed E-state index contributed by atoms with van der Waals surface area (Å²) in [5.74, 6) is 1.08. The highest BCUT2D eigenvalue weighted by atomic mass is 32.1. The van der Waals surface area contributed by atoms with Gasteiger partial charge in [0.2, 0.25) is 0 Å². The molecule has 19 heavy (non-hydrogen) atoms. The highest BCUT2D eigenvalue weighted by Gasteiger charge is 2.30.